The van der Waals surface area contributed by atoms with E-state index in [4.69, 9.17) is 4.74 Å². The Morgan fingerprint density at radius 1 is 1.58 bits per heavy atom. The first-order chi connectivity index (χ1) is 11.5. The number of rotatable bonds is 7. The summed E-state index contributed by atoms with van der Waals surface area (Å²) in [6.07, 6.45) is 1.47. The molecule has 2 aromatic rings. The largest absolute Gasteiger partial charge is 0.502 e. The van der Waals surface area contributed by atoms with Gasteiger partial charge in [0.25, 0.3) is 0 Å². The number of nitro groups is 1. The van der Waals surface area contributed by atoms with Crippen LogP contribution in [0.2, 0.25) is 0 Å². The van der Waals surface area contributed by atoms with Crippen LogP contribution in [0.25, 0.3) is 0 Å². The van der Waals surface area contributed by atoms with Crippen molar-refractivity contribution in [1.82, 2.24) is 4.98 Å². The molecular weight excluding hydrogens is 336 g/mol. The molecule has 0 saturated heterocycles. The number of nitro benzene ring substituents is 1. The Morgan fingerprint density at radius 3 is 3.04 bits per heavy atom. The minimum absolute atomic E-state index is 0.0892. The van der Waals surface area contributed by atoms with Gasteiger partial charge in [0.05, 0.1) is 29.9 Å². The minimum Gasteiger partial charge on any atom is -0.502 e. The first kappa shape index (κ1) is 17.3. The van der Waals surface area contributed by atoms with Crippen LogP contribution in [0.4, 0.5) is 10.8 Å². The number of aromatic hydroxyl groups is 1. The third-order valence-corrected chi connectivity index (χ3v) is 3.55. The summed E-state index contributed by atoms with van der Waals surface area (Å²) in [7, 11) is 0. The number of hydrogen-bond donors (Lipinski definition) is 2. The van der Waals surface area contributed by atoms with E-state index in [1.54, 1.807) is 12.3 Å². The van der Waals surface area contributed by atoms with E-state index in [2.05, 4.69) is 15.5 Å². The van der Waals surface area contributed by atoms with Crippen molar-refractivity contribution in [2.75, 3.05) is 12.0 Å². The summed E-state index contributed by atoms with van der Waals surface area (Å²) >= 11 is 1.27. The zero-order valence-electron chi connectivity index (χ0n) is 12.6. The molecule has 2 N–H and O–H groups in total. The summed E-state index contributed by atoms with van der Waals surface area (Å²) in [6, 6.07) is 3.88. The highest BCUT2D eigenvalue weighted by molar-refractivity contribution is 7.13. The molecule has 0 unspecified atom stereocenters. The Labute approximate surface area is 140 Å². The van der Waals surface area contributed by atoms with Gasteiger partial charge in [0.1, 0.15) is 0 Å². The van der Waals surface area contributed by atoms with Crippen LogP contribution in [0.5, 0.6) is 5.75 Å². The van der Waals surface area contributed by atoms with E-state index < -0.39 is 10.7 Å². The minimum atomic E-state index is -0.671. The summed E-state index contributed by atoms with van der Waals surface area (Å²) in [5.41, 5.74) is 3.37. The third-order valence-electron chi connectivity index (χ3n) is 2.75. The monoisotopic (exact) mass is 350 g/mol. The van der Waals surface area contributed by atoms with Gasteiger partial charge in [-0.3, -0.25) is 20.3 Å². The van der Waals surface area contributed by atoms with Crippen LogP contribution in [0, 0.1) is 10.1 Å². The molecule has 0 bridgehead atoms. The van der Waals surface area contributed by atoms with E-state index >= 15 is 0 Å². The number of thiazole rings is 1. The Morgan fingerprint density at radius 2 is 2.38 bits per heavy atom. The molecular formula is C14H14N4O5S. The molecule has 1 aromatic heterocycles. The van der Waals surface area contributed by atoms with Gasteiger partial charge >= 0.3 is 11.7 Å². The van der Waals surface area contributed by atoms with E-state index in [-0.39, 0.29) is 18.1 Å². The number of carbonyl (C=O) groups is 1. The van der Waals surface area contributed by atoms with E-state index in [9.17, 15) is 20.0 Å². The van der Waals surface area contributed by atoms with Crippen LogP contribution < -0.4 is 5.43 Å². The normalized spacial score (nSPS) is 10.7. The number of benzene rings is 1. The van der Waals surface area contributed by atoms with Gasteiger partial charge in [0.2, 0.25) is 5.13 Å². The second-order valence-electron chi connectivity index (χ2n) is 4.50. The van der Waals surface area contributed by atoms with Crippen LogP contribution in [0.3, 0.4) is 0 Å². The van der Waals surface area contributed by atoms with E-state index in [0.29, 0.717) is 23.0 Å². The van der Waals surface area contributed by atoms with Gasteiger partial charge in [-0.2, -0.15) is 5.10 Å². The molecule has 0 aliphatic carbocycles. The smallest absolute Gasteiger partial charge is 0.311 e. The van der Waals surface area contributed by atoms with Crippen molar-refractivity contribution in [1.29, 1.82) is 0 Å². The molecule has 24 heavy (non-hydrogen) atoms. The number of anilines is 1. The maximum atomic E-state index is 11.3. The topological polar surface area (TPSA) is 127 Å². The first-order valence-electron chi connectivity index (χ1n) is 6.86. The second-order valence-corrected chi connectivity index (χ2v) is 5.36. The molecule has 126 valence electrons. The van der Waals surface area contributed by atoms with Crippen molar-refractivity contribution >= 4 is 34.3 Å². The summed E-state index contributed by atoms with van der Waals surface area (Å²) in [5, 5.41) is 26.3. The fraction of sp³-hybridized carbons (Fsp3) is 0.214. The maximum absolute atomic E-state index is 11.3. The van der Waals surface area contributed by atoms with Gasteiger partial charge in [-0.25, -0.2) is 4.98 Å². The number of phenols is 1. The summed E-state index contributed by atoms with van der Waals surface area (Å²) in [5.74, 6) is -0.783. The fourth-order valence-corrected chi connectivity index (χ4v) is 2.40. The molecule has 0 atom stereocenters. The molecule has 0 spiro atoms. The molecule has 0 amide bonds. The first-order valence-corrected chi connectivity index (χ1v) is 7.74. The molecule has 10 heteroatoms. The summed E-state index contributed by atoms with van der Waals surface area (Å²) in [4.78, 5) is 25.5. The van der Waals surface area contributed by atoms with Gasteiger partial charge in [0, 0.05) is 11.4 Å². The zero-order chi connectivity index (χ0) is 17.5. The number of aromatic nitrogens is 1. The lowest BCUT2D eigenvalue weighted by molar-refractivity contribution is -0.385. The quantitative estimate of drug-likeness (QED) is 0.339. The fourth-order valence-electron chi connectivity index (χ4n) is 1.74. The van der Waals surface area contributed by atoms with Crippen molar-refractivity contribution in [3.05, 3.63) is 45.0 Å². The van der Waals surface area contributed by atoms with Crippen LogP contribution in [-0.2, 0) is 16.0 Å². The van der Waals surface area contributed by atoms with Crippen molar-refractivity contribution in [3.8, 4) is 5.75 Å². The highest BCUT2D eigenvalue weighted by Crippen LogP contribution is 2.25. The number of nitrogens with one attached hydrogen (secondary N) is 1. The number of nitrogens with zero attached hydrogens (tertiary/aromatic N) is 3. The van der Waals surface area contributed by atoms with Gasteiger partial charge in [0.15, 0.2) is 5.75 Å². The van der Waals surface area contributed by atoms with Crippen LogP contribution in [0.1, 0.15) is 18.2 Å². The van der Waals surface area contributed by atoms with Gasteiger partial charge < -0.3 is 9.84 Å². The third kappa shape index (κ3) is 4.74. The van der Waals surface area contributed by atoms with Gasteiger partial charge in [-0.05, 0) is 24.6 Å². The van der Waals surface area contributed by atoms with Crippen LogP contribution in [0.15, 0.2) is 28.7 Å². The molecule has 1 aromatic carbocycles. The second kappa shape index (κ2) is 8.02. The zero-order valence-corrected chi connectivity index (χ0v) is 13.4. The number of ether oxygens (including phenoxy) is 1. The standard InChI is InChI=1S/C14H14N4O5S/c1-2-23-13(20)6-10-8-24-14(16-10)17-15-7-9-3-4-11(18(21)22)12(19)5-9/h3-5,7-8,19H,2,6H2,1H3,(H,16,17). The lowest BCUT2D eigenvalue weighted by Crippen LogP contribution is -2.07. The van der Waals surface area contributed by atoms with E-state index in [1.807, 2.05) is 0 Å². The number of esters is 1. The highest BCUT2D eigenvalue weighted by Gasteiger charge is 2.12. The average Bonchev–Trinajstić information content (AvgIpc) is 2.94. The molecule has 0 fully saturated rings. The molecule has 1 heterocycles. The predicted molar refractivity (Wildman–Crippen MR) is 88.4 cm³/mol. The van der Waals surface area contributed by atoms with Crippen molar-refractivity contribution in [3.63, 3.8) is 0 Å². The lowest BCUT2D eigenvalue weighted by Gasteiger charge is -1.98. The van der Waals surface area contributed by atoms with Crippen molar-refractivity contribution in [2.24, 2.45) is 5.10 Å². The Balaban J connectivity index is 1.95. The van der Waals surface area contributed by atoms with Crippen molar-refractivity contribution in [2.45, 2.75) is 13.3 Å². The Bertz CT molecular complexity index is 774. The number of phenolic OH excluding ortho intramolecular Hbond substituents is 1. The molecule has 0 aliphatic rings. The maximum Gasteiger partial charge on any atom is 0.311 e. The van der Waals surface area contributed by atoms with Crippen LogP contribution >= 0.6 is 11.3 Å². The molecule has 9 nitrogen and oxygen atoms in total. The number of carbonyl (C=O) groups excluding carboxylic acids is 1. The van der Waals surface area contributed by atoms with Gasteiger partial charge in [-0.15, -0.1) is 11.3 Å². The van der Waals surface area contributed by atoms with E-state index in [0.717, 1.165) is 0 Å². The number of hydrogen-bond acceptors (Lipinski definition) is 9. The molecule has 2 rings (SSSR count). The average molecular weight is 350 g/mol. The van der Waals surface area contributed by atoms with E-state index in [1.165, 1.54) is 35.8 Å². The summed E-state index contributed by atoms with van der Waals surface area (Å²) < 4.78 is 4.84. The molecule has 0 saturated carbocycles. The molecule has 0 aliphatic heterocycles. The predicted octanol–water partition coefficient (Wildman–Crippen LogP) is 2.31. The van der Waals surface area contributed by atoms with Crippen LogP contribution in [-0.4, -0.2) is 33.8 Å². The SMILES string of the molecule is CCOC(=O)Cc1csc(NN=Cc2ccc([N+](=O)[O-])c(O)c2)n1. The lowest BCUT2D eigenvalue weighted by atomic mass is 10.2. The number of hydrazone groups is 1. The molecule has 0 radical (unpaired) electrons. The van der Waals surface area contributed by atoms with Crippen molar-refractivity contribution < 1.29 is 19.6 Å². The highest BCUT2D eigenvalue weighted by atomic mass is 32.1. The Kier molecular flexibility index (Phi) is 5.79. The van der Waals surface area contributed by atoms with Gasteiger partial charge in [-0.1, -0.05) is 0 Å². The Hall–Kier alpha value is -3.01. The summed E-state index contributed by atoms with van der Waals surface area (Å²) in [6.45, 7) is 2.05.